The van der Waals surface area contributed by atoms with Crippen LogP contribution in [0.15, 0.2) is 58.2 Å². The highest BCUT2D eigenvalue weighted by Crippen LogP contribution is 2.25. The van der Waals surface area contributed by atoms with Gasteiger partial charge in [0.2, 0.25) is 0 Å². The maximum atomic E-state index is 12.8. The van der Waals surface area contributed by atoms with E-state index in [-0.39, 0.29) is 11.9 Å². The third kappa shape index (κ3) is 5.13. The van der Waals surface area contributed by atoms with E-state index in [4.69, 9.17) is 9.26 Å². The molecule has 0 fully saturated rings. The number of carbonyl (C=O) groups excluding carboxylic acids is 1. The summed E-state index contributed by atoms with van der Waals surface area (Å²) in [5, 5.41) is 7.68. The second kappa shape index (κ2) is 9.41. The van der Waals surface area contributed by atoms with Crippen molar-refractivity contribution in [3.05, 3.63) is 71.2 Å². The Balaban J connectivity index is 1.66. The van der Waals surface area contributed by atoms with E-state index in [2.05, 4.69) is 15.5 Å². The van der Waals surface area contributed by atoms with Gasteiger partial charge < -0.3 is 14.6 Å². The Morgan fingerprint density at radius 3 is 2.75 bits per heavy atom. The number of nitrogens with one attached hydrogen (secondary N) is 1. The minimum absolute atomic E-state index is 0.139. The van der Waals surface area contributed by atoms with E-state index < -0.39 is 0 Å². The average Bonchev–Trinajstić information content (AvgIpc) is 3.12. The molecule has 1 atom stereocenters. The lowest BCUT2D eigenvalue weighted by Gasteiger charge is -2.16. The monoisotopic (exact) mass is 397 g/mol. The van der Waals surface area contributed by atoms with Crippen LogP contribution in [-0.4, -0.2) is 22.7 Å². The fraction of sp³-hybridized carbons (Fsp3) is 0.286. The number of rotatable bonds is 8. The molecule has 0 bridgehead atoms. The number of aromatic nitrogens is 2. The zero-order valence-corrected chi connectivity index (χ0v) is 17.0. The number of amides is 1. The van der Waals surface area contributed by atoms with Gasteiger partial charge in [0, 0.05) is 18.0 Å². The van der Waals surface area contributed by atoms with E-state index in [0.717, 1.165) is 22.8 Å². The summed E-state index contributed by atoms with van der Waals surface area (Å²) in [5.41, 5.74) is 2.38. The molecule has 1 unspecified atom stereocenters. The number of ether oxygens (including phenoxy) is 1. The van der Waals surface area contributed by atoms with Crippen LogP contribution >= 0.6 is 11.8 Å². The van der Waals surface area contributed by atoms with Gasteiger partial charge in [-0.1, -0.05) is 29.1 Å². The molecular formula is C21H23N3O3S. The highest BCUT2D eigenvalue weighted by Gasteiger charge is 2.16. The zero-order chi connectivity index (χ0) is 19.9. The van der Waals surface area contributed by atoms with Gasteiger partial charge in [-0.2, -0.15) is 0 Å². The Bertz CT molecular complexity index is 925. The van der Waals surface area contributed by atoms with E-state index in [1.807, 2.05) is 51.1 Å². The van der Waals surface area contributed by atoms with Crippen molar-refractivity contribution in [1.82, 2.24) is 15.5 Å². The Hall–Kier alpha value is -2.80. The second-order valence-electron chi connectivity index (χ2n) is 6.27. The van der Waals surface area contributed by atoms with Gasteiger partial charge in [0.05, 0.1) is 23.9 Å². The first kappa shape index (κ1) is 19.9. The summed E-state index contributed by atoms with van der Waals surface area (Å²) in [6.45, 7) is 6.38. The lowest BCUT2D eigenvalue weighted by Crippen LogP contribution is -2.27. The normalized spacial score (nSPS) is 11.8. The number of thioether (sulfide) groups is 1. The lowest BCUT2D eigenvalue weighted by atomic mass is 10.1. The lowest BCUT2D eigenvalue weighted by molar-refractivity contribution is 0.0936. The molecule has 3 rings (SSSR count). The van der Waals surface area contributed by atoms with Crippen LogP contribution in [-0.2, 0) is 5.75 Å². The van der Waals surface area contributed by atoms with E-state index >= 15 is 0 Å². The maximum Gasteiger partial charge on any atom is 0.254 e. The van der Waals surface area contributed by atoms with Crippen molar-refractivity contribution in [2.75, 3.05) is 6.61 Å². The SMILES string of the molecule is CCOc1ccc(C(C)NC(=O)c2cccnc2SCc2cc(C)on2)cc1. The standard InChI is InChI=1S/C21H23N3O3S/c1-4-26-18-9-7-16(8-10-18)15(3)23-20(25)19-6-5-11-22-21(19)28-13-17-12-14(2)27-24-17/h5-12,15H,4,13H2,1-3H3,(H,23,25). The molecule has 2 aromatic heterocycles. The molecule has 0 saturated carbocycles. The van der Waals surface area contributed by atoms with Gasteiger partial charge >= 0.3 is 0 Å². The number of pyridine rings is 1. The molecule has 146 valence electrons. The molecule has 1 aromatic carbocycles. The van der Waals surface area contributed by atoms with Crippen LogP contribution in [0.3, 0.4) is 0 Å². The maximum absolute atomic E-state index is 12.8. The summed E-state index contributed by atoms with van der Waals surface area (Å²) in [4.78, 5) is 17.2. The number of nitrogens with zero attached hydrogens (tertiary/aromatic N) is 2. The minimum Gasteiger partial charge on any atom is -0.494 e. The van der Waals surface area contributed by atoms with Gasteiger partial charge in [0.1, 0.15) is 16.5 Å². The molecule has 1 N–H and O–H groups in total. The Labute approximate surface area is 168 Å². The first-order valence-electron chi connectivity index (χ1n) is 9.10. The first-order valence-corrected chi connectivity index (χ1v) is 10.1. The van der Waals surface area contributed by atoms with Gasteiger partial charge in [-0.15, -0.1) is 0 Å². The van der Waals surface area contributed by atoms with Crippen molar-refractivity contribution in [3.8, 4) is 5.75 Å². The number of hydrogen-bond acceptors (Lipinski definition) is 6. The number of carbonyl (C=O) groups is 1. The van der Waals surface area contributed by atoms with Crippen LogP contribution in [0.2, 0.25) is 0 Å². The van der Waals surface area contributed by atoms with Gasteiger partial charge in [0.15, 0.2) is 0 Å². The summed E-state index contributed by atoms with van der Waals surface area (Å²) in [7, 11) is 0. The minimum atomic E-state index is -0.159. The Morgan fingerprint density at radius 2 is 2.07 bits per heavy atom. The number of hydrogen-bond donors (Lipinski definition) is 1. The topological polar surface area (TPSA) is 77.2 Å². The van der Waals surface area contributed by atoms with E-state index in [9.17, 15) is 4.79 Å². The molecule has 0 saturated heterocycles. The van der Waals surface area contributed by atoms with Crippen LogP contribution in [0.25, 0.3) is 0 Å². The van der Waals surface area contributed by atoms with Crippen LogP contribution in [0.1, 0.15) is 47.3 Å². The predicted molar refractivity (Wildman–Crippen MR) is 109 cm³/mol. The molecule has 0 aliphatic carbocycles. The molecule has 0 spiro atoms. The van der Waals surface area contributed by atoms with Gasteiger partial charge in [-0.05, 0) is 50.6 Å². The largest absolute Gasteiger partial charge is 0.494 e. The van der Waals surface area contributed by atoms with Crippen LogP contribution in [0.5, 0.6) is 5.75 Å². The van der Waals surface area contributed by atoms with Gasteiger partial charge in [-0.3, -0.25) is 4.79 Å². The van der Waals surface area contributed by atoms with Crippen molar-refractivity contribution in [2.45, 2.75) is 37.6 Å². The summed E-state index contributed by atoms with van der Waals surface area (Å²) in [6.07, 6.45) is 1.68. The number of benzene rings is 1. The molecule has 28 heavy (non-hydrogen) atoms. The highest BCUT2D eigenvalue weighted by atomic mass is 32.2. The van der Waals surface area contributed by atoms with E-state index in [0.29, 0.717) is 22.9 Å². The van der Waals surface area contributed by atoms with Crippen LogP contribution in [0.4, 0.5) is 0 Å². The third-order valence-corrected chi connectivity index (χ3v) is 5.13. The summed E-state index contributed by atoms with van der Waals surface area (Å²) >= 11 is 1.46. The second-order valence-corrected chi connectivity index (χ2v) is 7.23. The molecule has 7 heteroatoms. The predicted octanol–water partition coefficient (Wildman–Crippen LogP) is 4.56. The van der Waals surface area contributed by atoms with Crippen molar-refractivity contribution in [3.63, 3.8) is 0 Å². The summed E-state index contributed by atoms with van der Waals surface area (Å²) in [6, 6.07) is 13.0. The fourth-order valence-corrected chi connectivity index (χ4v) is 3.56. The Kier molecular flexibility index (Phi) is 6.71. The highest BCUT2D eigenvalue weighted by molar-refractivity contribution is 7.98. The zero-order valence-electron chi connectivity index (χ0n) is 16.1. The molecule has 2 heterocycles. The molecule has 0 aliphatic rings. The summed E-state index contributed by atoms with van der Waals surface area (Å²) in [5.74, 6) is 2.01. The summed E-state index contributed by atoms with van der Waals surface area (Å²) < 4.78 is 10.5. The fourth-order valence-electron chi connectivity index (χ4n) is 2.68. The number of aryl methyl sites for hydroxylation is 1. The average molecular weight is 398 g/mol. The molecule has 0 radical (unpaired) electrons. The smallest absolute Gasteiger partial charge is 0.254 e. The third-order valence-electron chi connectivity index (χ3n) is 4.09. The molecule has 6 nitrogen and oxygen atoms in total. The van der Waals surface area contributed by atoms with E-state index in [1.54, 1.807) is 18.3 Å². The first-order chi connectivity index (χ1) is 13.6. The van der Waals surface area contributed by atoms with Crippen molar-refractivity contribution < 1.29 is 14.1 Å². The Morgan fingerprint density at radius 1 is 1.29 bits per heavy atom. The van der Waals surface area contributed by atoms with Gasteiger partial charge in [-0.25, -0.2) is 4.98 Å². The molecule has 0 aliphatic heterocycles. The van der Waals surface area contributed by atoms with Crippen LogP contribution in [0, 0.1) is 6.92 Å². The van der Waals surface area contributed by atoms with Crippen LogP contribution < -0.4 is 10.1 Å². The van der Waals surface area contributed by atoms with E-state index in [1.165, 1.54) is 11.8 Å². The molecule has 1 amide bonds. The molecular weight excluding hydrogens is 374 g/mol. The van der Waals surface area contributed by atoms with Crippen molar-refractivity contribution in [2.24, 2.45) is 0 Å². The molecule has 3 aromatic rings. The quantitative estimate of drug-likeness (QED) is 0.562. The van der Waals surface area contributed by atoms with Gasteiger partial charge in [0.25, 0.3) is 5.91 Å². The van der Waals surface area contributed by atoms with Crippen molar-refractivity contribution in [1.29, 1.82) is 0 Å². The van der Waals surface area contributed by atoms with Crippen molar-refractivity contribution >= 4 is 17.7 Å².